The van der Waals surface area contributed by atoms with Gasteiger partial charge < -0.3 is 10.6 Å². The van der Waals surface area contributed by atoms with E-state index in [9.17, 15) is 19.3 Å². The van der Waals surface area contributed by atoms with Crippen molar-refractivity contribution in [1.29, 1.82) is 0 Å². The van der Waals surface area contributed by atoms with Crippen molar-refractivity contribution in [2.24, 2.45) is 0 Å². The van der Waals surface area contributed by atoms with E-state index in [1.54, 1.807) is 18.2 Å². The van der Waals surface area contributed by atoms with Gasteiger partial charge in [-0.3, -0.25) is 14.9 Å². The lowest BCUT2D eigenvalue weighted by Gasteiger charge is -2.27. The minimum Gasteiger partial charge on any atom is -0.373 e. The molecule has 1 amide bonds. The number of aryl methyl sites for hydroxylation is 1. The Labute approximate surface area is 155 Å². The molecular weight excluding hydrogens is 349 g/mol. The third-order valence-electron chi connectivity index (χ3n) is 5.12. The van der Waals surface area contributed by atoms with Crippen molar-refractivity contribution >= 4 is 17.3 Å². The Kier molecular flexibility index (Phi) is 4.51. The minimum absolute atomic E-state index is 0.151. The second kappa shape index (κ2) is 6.98. The van der Waals surface area contributed by atoms with Crippen LogP contribution < -0.4 is 10.6 Å². The van der Waals surface area contributed by atoms with Gasteiger partial charge in [-0.05, 0) is 67.5 Å². The quantitative estimate of drug-likeness (QED) is 0.613. The zero-order chi connectivity index (χ0) is 19.0. The molecule has 140 valence electrons. The van der Waals surface area contributed by atoms with Crippen LogP contribution in [0.25, 0.3) is 0 Å². The molecule has 2 aromatic rings. The maximum Gasteiger partial charge on any atom is 0.293 e. The number of nitro groups is 1. The second-order valence-corrected chi connectivity index (χ2v) is 7.17. The summed E-state index contributed by atoms with van der Waals surface area (Å²) in [6, 6.07) is 9.15. The molecule has 2 aromatic carbocycles. The SMILES string of the molecule is O=C(NC1CC1)c1ccc(NC2CCCc3ccc(F)cc32)c([N+](=O)[O-])c1. The van der Waals surface area contributed by atoms with E-state index in [4.69, 9.17) is 0 Å². The normalized spacial score (nSPS) is 18.5. The molecule has 0 bridgehead atoms. The zero-order valence-electron chi connectivity index (χ0n) is 14.7. The fraction of sp³-hybridized carbons (Fsp3) is 0.350. The predicted molar refractivity (Wildman–Crippen MR) is 99.3 cm³/mol. The fourth-order valence-corrected chi connectivity index (χ4v) is 3.55. The van der Waals surface area contributed by atoms with Crippen molar-refractivity contribution in [2.75, 3.05) is 5.32 Å². The first-order valence-corrected chi connectivity index (χ1v) is 9.15. The number of nitro benzene ring substituents is 1. The highest BCUT2D eigenvalue weighted by Crippen LogP contribution is 2.36. The highest BCUT2D eigenvalue weighted by atomic mass is 19.1. The number of hydrogen-bond donors (Lipinski definition) is 2. The molecule has 0 heterocycles. The largest absolute Gasteiger partial charge is 0.373 e. The summed E-state index contributed by atoms with van der Waals surface area (Å²) in [5, 5.41) is 17.6. The van der Waals surface area contributed by atoms with Crippen LogP contribution in [0.1, 0.15) is 53.2 Å². The molecule has 2 N–H and O–H groups in total. The van der Waals surface area contributed by atoms with Gasteiger partial charge in [0.1, 0.15) is 11.5 Å². The Morgan fingerprint density at radius 3 is 2.70 bits per heavy atom. The third kappa shape index (κ3) is 3.77. The van der Waals surface area contributed by atoms with E-state index in [0.29, 0.717) is 5.69 Å². The summed E-state index contributed by atoms with van der Waals surface area (Å²) < 4.78 is 13.7. The second-order valence-electron chi connectivity index (χ2n) is 7.17. The van der Waals surface area contributed by atoms with Crippen LogP contribution in [0.5, 0.6) is 0 Å². The van der Waals surface area contributed by atoms with Gasteiger partial charge >= 0.3 is 0 Å². The van der Waals surface area contributed by atoms with E-state index in [1.807, 2.05) is 0 Å². The number of anilines is 1. The average molecular weight is 369 g/mol. The maximum atomic E-state index is 13.7. The van der Waals surface area contributed by atoms with Crippen molar-refractivity contribution in [3.8, 4) is 0 Å². The van der Waals surface area contributed by atoms with E-state index in [-0.39, 0.29) is 35.1 Å². The Hall–Kier alpha value is -2.96. The predicted octanol–water partition coefficient (Wildman–Crippen LogP) is 4.12. The van der Waals surface area contributed by atoms with Crippen molar-refractivity contribution < 1.29 is 14.1 Å². The van der Waals surface area contributed by atoms with Gasteiger partial charge in [0.25, 0.3) is 11.6 Å². The van der Waals surface area contributed by atoms with E-state index in [0.717, 1.165) is 43.2 Å². The maximum absolute atomic E-state index is 13.7. The van der Waals surface area contributed by atoms with Crippen LogP contribution in [0, 0.1) is 15.9 Å². The summed E-state index contributed by atoms with van der Waals surface area (Å²) in [5.74, 6) is -0.610. The topological polar surface area (TPSA) is 84.3 Å². The van der Waals surface area contributed by atoms with Gasteiger partial charge in [-0.2, -0.15) is 0 Å². The smallest absolute Gasteiger partial charge is 0.293 e. The molecular formula is C20H20FN3O3. The Morgan fingerprint density at radius 1 is 1.15 bits per heavy atom. The number of carbonyl (C=O) groups excluding carboxylic acids is 1. The van der Waals surface area contributed by atoms with Crippen LogP contribution >= 0.6 is 0 Å². The number of halogens is 1. The molecule has 1 saturated carbocycles. The van der Waals surface area contributed by atoms with Crippen molar-refractivity contribution in [1.82, 2.24) is 5.32 Å². The van der Waals surface area contributed by atoms with E-state index < -0.39 is 4.92 Å². The first-order valence-electron chi connectivity index (χ1n) is 9.15. The summed E-state index contributed by atoms with van der Waals surface area (Å²) in [5.41, 5.74) is 2.36. The van der Waals surface area contributed by atoms with Crippen LogP contribution in [0.15, 0.2) is 36.4 Å². The molecule has 0 aliphatic heterocycles. The molecule has 1 fully saturated rings. The Bertz CT molecular complexity index is 911. The highest BCUT2D eigenvalue weighted by molar-refractivity contribution is 5.96. The number of benzene rings is 2. The first-order chi connectivity index (χ1) is 13.0. The Balaban J connectivity index is 1.61. The van der Waals surface area contributed by atoms with E-state index in [1.165, 1.54) is 18.2 Å². The van der Waals surface area contributed by atoms with Gasteiger partial charge in [0.05, 0.1) is 11.0 Å². The summed E-state index contributed by atoms with van der Waals surface area (Å²) in [7, 11) is 0. The zero-order valence-corrected chi connectivity index (χ0v) is 14.7. The summed E-state index contributed by atoms with van der Waals surface area (Å²) >= 11 is 0. The monoisotopic (exact) mass is 369 g/mol. The number of nitrogens with one attached hydrogen (secondary N) is 2. The lowest BCUT2D eigenvalue weighted by Crippen LogP contribution is -2.25. The summed E-state index contributed by atoms with van der Waals surface area (Å²) in [6.07, 6.45) is 4.45. The number of hydrogen-bond acceptors (Lipinski definition) is 4. The molecule has 1 unspecified atom stereocenters. The number of amides is 1. The molecule has 7 heteroatoms. The number of fused-ring (bicyclic) bond motifs is 1. The number of carbonyl (C=O) groups is 1. The molecule has 2 aliphatic carbocycles. The average Bonchev–Trinajstić information content (AvgIpc) is 3.46. The molecule has 0 aromatic heterocycles. The minimum atomic E-state index is -0.494. The molecule has 1 atom stereocenters. The molecule has 0 radical (unpaired) electrons. The van der Waals surface area contributed by atoms with Crippen LogP contribution in [0.4, 0.5) is 15.8 Å². The van der Waals surface area contributed by atoms with Crippen LogP contribution in [0.2, 0.25) is 0 Å². The van der Waals surface area contributed by atoms with Gasteiger partial charge in [-0.25, -0.2) is 4.39 Å². The molecule has 27 heavy (non-hydrogen) atoms. The van der Waals surface area contributed by atoms with Crippen molar-refractivity contribution in [2.45, 2.75) is 44.2 Å². The molecule has 6 nitrogen and oxygen atoms in total. The van der Waals surface area contributed by atoms with Crippen molar-refractivity contribution in [3.63, 3.8) is 0 Å². The van der Waals surface area contributed by atoms with Gasteiger partial charge in [0, 0.05) is 17.7 Å². The standard InChI is InChI=1S/C20H20FN3O3/c21-14-6-4-12-2-1-3-17(16(12)11-14)23-18-9-5-13(10-19(18)24(26)27)20(25)22-15-7-8-15/h4-6,9-11,15,17,23H,1-3,7-8H2,(H,22,25). The molecule has 4 rings (SSSR count). The van der Waals surface area contributed by atoms with Gasteiger partial charge in [0.2, 0.25) is 0 Å². The van der Waals surface area contributed by atoms with E-state index >= 15 is 0 Å². The Morgan fingerprint density at radius 2 is 1.96 bits per heavy atom. The summed E-state index contributed by atoms with van der Waals surface area (Å²) in [6.45, 7) is 0. The number of nitrogens with zero attached hydrogens (tertiary/aromatic N) is 1. The lowest BCUT2D eigenvalue weighted by atomic mass is 9.87. The number of rotatable bonds is 5. The lowest BCUT2D eigenvalue weighted by molar-refractivity contribution is -0.384. The van der Waals surface area contributed by atoms with Crippen molar-refractivity contribution in [3.05, 3.63) is 69.0 Å². The fourth-order valence-electron chi connectivity index (χ4n) is 3.55. The van der Waals surface area contributed by atoms with Gasteiger partial charge in [0.15, 0.2) is 0 Å². The van der Waals surface area contributed by atoms with E-state index in [2.05, 4.69) is 10.6 Å². The first kappa shape index (κ1) is 17.5. The molecule has 0 spiro atoms. The van der Waals surface area contributed by atoms with Crippen LogP contribution in [-0.2, 0) is 6.42 Å². The van der Waals surface area contributed by atoms with Crippen LogP contribution in [-0.4, -0.2) is 16.9 Å². The summed E-state index contributed by atoms with van der Waals surface area (Å²) in [4.78, 5) is 23.2. The molecule has 2 aliphatic rings. The van der Waals surface area contributed by atoms with Crippen LogP contribution in [0.3, 0.4) is 0 Å². The molecule has 0 saturated heterocycles. The van der Waals surface area contributed by atoms with Gasteiger partial charge in [-0.15, -0.1) is 0 Å². The third-order valence-corrected chi connectivity index (χ3v) is 5.12. The highest BCUT2D eigenvalue weighted by Gasteiger charge is 2.27. The van der Waals surface area contributed by atoms with Gasteiger partial charge in [-0.1, -0.05) is 6.07 Å².